The first-order valence-electron chi connectivity index (χ1n) is 11.7. The summed E-state index contributed by atoms with van der Waals surface area (Å²) in [6.07, 6.45) is 3.20. The number of fused-ring (bicyclic) bond motifs is 1. The summed E-state index contributed by atoms with van der Waals surface area (Å²) in [6.45, 7) is 6.90. The smallest absolute Gasteiger partial charge is 0.217 e. The number of amides is 1. The van der Waals surface area contributed by atoms with Crippen LogP contribution in [0.15, 0.2) is 36.4 Å². The summed E-state index contributed by atoms with van der Waals surface area (Å²) in [5.41, 5.74) is 9.30. The second-order valence-corrected chi connectivity index (χ2v) is 9.36. The lowest BCUT2D eigenvalue weighted by atomic mass is 9.94. The molecule has 4 N–H and O–H groups in total. The lowest BCUT2D eigenvalue weighted by molar-refractivity contribution is -0.119. The molecule has 2 aromatic rings. The molecule has 1 aliphatic rings. The Kier molecular flexibility index (Phi) is 8.80. The minimum absolute atomic E-state index is 0.0865. The molecule has 0 bridgehead atoms. The van der Waals surface area contributed by atoms with Crippen LogP contribution in [0.3, 0.4) is 0 Å². The summed E-state index contributed by atoms with van der Waals surface area (Å²) in [5, 5.41) is 6.36. The number of benzene rings is 2. The molecular formula is C26H35F2N3O2. The molecule has 0 aliphatic carbocycles. The summed E-state index contributed by atoms with van der Waals surface area (Å²) >= 11 is 0. The maximum Gasteiger partial charge on any atom is 0.217 e. The zero-order valence-corrected chi connectivity index (χ0v) is 19.7. The van der Waals surface area contributed by atoms with Crippen molar-refractivity contribution in [3.63, 3.8) is 0 Å². The molecule has 3 rings (SSSR count). The van der Waals surface area contributed by atoms with Crippen molar-refractivity contribution in [3.05, 3.63) is 64.7 Å². The third kappa shape index (κ3) is 7.51. The number of carbonyl (C=O) groups excluding carboxylic acids is 1. The predicted octanol–water partition coefficient (Wildman–Crippen LogP) is 4.04. The number of hydrogen-bond donors (Lipinski definition) is 3. The van der Waals surface area contributed by atoms with Crippen molar-refractivity contribution in [2.24, 2.45) is 11.7 Å². The highest BCUT2D eigenvalue weighted by Gasteiger charge is 2.25. The van der Waals surface area contributed by atoms with Crippen molar-refractivity contribution in [1.29, 1.82) is 0 Å². The fourth-order valence-corrected chi connectivity index (χ4v) is 4.24. The van der Waals surface area contributed by atoms with Crippen LogP contribution in [-0.2, 0) is 17.6 Å². The Bertz CT molecular complexity index is 931. The molecule has 0 saturated heterocycles. The van der Waals surface area contributed by atoms with Crippen molar-refractivity contribution in [2.75, 3.05) is 13.2 Å². The lowest BCUT2D eigenvalue weighted by Gasteiger charge is -2.31. The van der Waals surface area contributed by atoms with E-state index in [9.17, 15) is 13.6 Å². The number of hydrogen-bond acceptors (Lipinski definition) is 4. The Labute approximate surface area is 195 Å². The van der Waals surface area contributed by atoms with Crippen LogP contribution in [0.4, 0.5) is 8.78 Å². The van der Waals surface area contributed by atoms with Crippen molar-refractivity contribution < 1.29 is 18.3 Å². The molecule has 33 heavy (non-hydrogen) atoms. The first-order valence-corrected chi connectivity index (χ1v) is 11.7. The van der Waals surface area contributed by atoms with Crippen molar-refractivity contribution in [1.82, 2.24) is 10.6 Å². The van der Waals surface area contributed by atoms with Crippen LogP contribution < -0.4 is 21.1 Å². The number of rotatable bonds is 10. The van der Waals surface area contributed by atoms with Gasteiger partial charge in [-0.1, -0.05) is 26.0 Å². The number of ether oxygens (including phenoxy) is 1. The van der Waals surface area contributed by atoms with E-state index in [1.807, 2.05) is 6.07 Å². The zero-order valence-electron chi connectivity index (χ0n) is 19.7. The van der Waals surface area contributed by atoms with Gasteiger partial charge in [-0.15, -0.1) is 0 Å². The summed E-state index contributed by atoms with van der Waals surface area (Å²) in [5.74, 6) is -0.00927. The molecule has 0 unspecified atom stereocenters. The summed E-state index contributed by atoms with van der Waals surface area (Å²) < 4.78 is 33.1. The van der Waals surface area contributed by atoms with Crippen molar-refractivity contribution in [2.45, 2.75) is 64.6 Å². The molecule has 0 saturated carbocycles. The largest absolute Gasteiger partial charge is 0.493 e. The predicted molar refractivity (Wildman–Crippen MR) is 126 cm³/mol. The summed E-state index contributed by atoms with van der Waals surface area (Å²) in [4.78, 5) is 11.7. The van der Waals surface area contributed by atoms with E-state index < -0.39 is 23.7 Å². The van der Waals surface area contributed by atoms with Gasteiger partial charge in [-0.2, -0.15) is 0 Å². The number of halogens is 2. The average molecular weight is 460 g/mol. The van der Waals surface area contributed by atoms with E-state index in [1.54, 1.807) is 0 Å². The standard InChI is InChI=1S/C26H35F2N3O2/c1-16(2)4-5-18-6-7-26-22(12-18)24(8-9-33-26)30-15-23(29)25(31-17(3)32)13-19-10-20(27)14-21(28)11-19/h6-7,10-12,14,16,23-25,30H,4-5,8-9,13,15,29H2,1-3H3,(H,31,32)/t23-,24-,25-/m0/s1. The fraction of sp³-hybridized carbons (Fsp3) is 0.500. The summed E-state index contributed by atoms with van der Waals surface area (Å²) in [6, 6.07) is 8.91. The highest BCUT2D eigenvalue weighted by Crippen LogP contribution is 2.33. The van der Waals surface area contributed by atoms with Crippen LogP contribution >= 0.6 is 0 Å². The highest BCUT2D eigenvalue weighted by molar-refractivity contribution is 5.73. The van der Waals surface area contributed by atoms with E-state index in [0.29, 0.717) is 24.6 Å². The van der Waals surface area contributed by atoms with Gasteiger partial charge < -0.3 is 21.1 Å². The minimum Gasteiger partial charge on any atom is -0.493 e. The maximum atomic E-state index is 13.6. The van der Waals surface area contributed by atoms with Crippen LogP contribution in [0.1, 0.15) is 56.3 Å². The molecule has 1 heterocycles. The molecule has 0 aromatic heterocycles. The van der Waals surface area contributed by atoms with E-state index >= 15 is 0 Å². The van der Waals surface area contributed by atoms with Crippen LogP contribution in [-0.4, -0.2) is 31.1 Å². The van der Waals surface area contributed by atoms with Gasteiger partial charge in [-0.3, -0.25) is 4.79 Å². The lowest BCUT2D eigenvalue weighted by Crippen LogP contribution is -2.53. The Morgan fingerprint density at radius 2 is 1.88 bits per heavy atom. The molecule has 5 nitrogen and oxygen atoms in total. The molecule has 1 aliphatic heterocycles. The average Bonchev–Trinajstić information content (AvgIpc) is 2.74. The number of nitrogens with two attached hydrogens (primary N) is 1. The van der Waals surface area contributed by atoms with Gasteiger partial charge in [0.2, 0.25) is 5.91 Å². The molecular weight excluding hydrogens is 424 g/mol. The van der Waals surface area contributed by atoms with E-state index in [0.717, 1.165) is 36.6 Å². The molecule has 0 fully saturated rings. The molecule has 2 aromatic carbocycles. The molecule has 0 spiro atoms. The Hall–Kier alpha value is -2.51. The maximum absolute atomic E-state index is 13.6. The van der Waals surface area contributed by atoms with Gasteiger partial charge in [0.15, 0.2) is 0 Å². The van der Waals surface area contributed by atoms with E-state index in [4.69, 9.17) is 10.5 Å². The van der Waals surface area contributed by atoms with Crippen LogP contribution in [0.5, 0.6) is 5.75 Å². The monoisotopic (exact) mass is 459 g/mol. The normalized spacial score (nSPS) is 17.2. The van der Waals surface area contributed by atoms with E-state index in [1.165, 1.54) is 24.6 Å². The Morgan fingerprint density at radius 1 is 1.15 bits per heavy atom. The van der Waals surface area contributed by atoms with Gasteiger partial charge in [0, 0.05) is 49.6 Å². The van der Waals surface area contributed by atoms with Crippen LogP contribution in [0, 0.1) is 17.6 Å². The van der Waals surface area contributed by atoms with Gasteiger partial charge in [0.05, 0.1) is 6.61 Å². The van der Waals surface area contributed by atoms with Crippen LogP contribution in [0.2, 0.25) is 0 Å². The van der Waals surface area contributed by atoms with Gasteiger partial charge in [0.1, 0.15) is 17.4 Å². The third-order valence-corrected chi connectivity index (χ3v) is 6.01. The molecule has 1 amide bonds. The molecule has 180 valence electrons. The first kappa shape index (κ1) is 25.1. The number of nitrogens with one attached hydrogen (secondary N) is 2. The van der Waals surface area contributed by atoms with Gasteiger partial charge in [-0.05, 0) is 54.5 Å². The first-order chi connectivity index (χ1) is 15.7. The van der Waals surface area contributed by atoms with Crippen LogP contribution in [0.25, 0.3) is 0 Å². The van der Waals surface area contributed by atoms with E-state index in [2.05, 4.69) is 36.6 Å². The Morgan fingerprint density at radius 3 is 2.55 bits per heavy atom. The third-order valence-electron chi connectivity index (χ3n) is 6.01. The summed E-state index contributed by atoms with van der Waals surface area (Å²) in [7, 11) is 0. The second-order valence-electron chi connectivity index (χ2n) is 9.36. The highest BCUT2D eigenvalue weighted by atomic mass is 19.1. The van der Waals surface area contributed by atoms with Gasteiger partial charge in [-0.25, -0.2) is 8.78 Å². The quantitative estimate of drug-likeness (QED) is 0.501. The van der Waals surface area contributed by atoms with E-state index in [-0.39, 0.29) is 18.4 Å². The minimum atomic E-state index is -0.648. The van der Waals surface area contributed by atoms with Gasteiger partial charge >= 0.3 is 0 Å². The SMILES string of the molecule is CC(=O)N[C@@H](Cc1cc(F)cc(F)c1)[C@@H](N)CN[C@H]1CCOc2ccc(CCC(C)C)cc21. The molecule has 0 radical (unpaired) electrons. The number of aryl methyl sites for hydroxylation is 1. The Balaban J connectivity index is 1.68. The topological polar surface area (TPSA) is 76.4 Å². The van der Waals surface area contributed by atoms with Crippen molar-refractivity contribution >= 4 is 5.91 Å². The van der Waals surface area contributed by atoms with Crippen molar-refractivity contribution in [3.8, 4) is 5.75 Å². The fourth-order valence-electron chi connectivity index (χ4n) is 4.24. The second kappa shape index (κ2) is 11.6. The molecule has 7 heteroatoms. The molecule has 3 atom stereocenters. The zero-order chi connectivity index (χ0) is 24.0. The number of carbonyl (C=O) groups is 1. The van der Waals surface area contributed by atoms with Gasteiger partial charge in [0.25, 0.3) is 0 Å².